The average Bonchev–Trinajstić information content (AvgIpc) is 2.72. The van der Waals surface area contributed by atoms with Gasteiger partial charge in [0.1, 0.15) is 0 Å². The topological polar surface area (TPSA) is 40.6 Å². The molecule has 0 saturated carbocycles. The molecule has 1 heterocycles. The predicted octanol–water partition coefficient (Wildman–Crippen LogP) is 2.12. The van der Waals surface area contributed by atoms with E-state index in [2.05, 4.69) is 0 Å². The fourth-order valence-corrected chi connectivity index (χ4v) is 2.57. The second-order valence-electron chi connectivity index (χ2n) is 4.99. The van der Waals surface area contributed by atoms with E-state index >= 15 is 0 Å². The fraction of sp³-hybridized carbons (Fsp3) is 0.467. The lowest BCUT2D eigenvalue weighted by Gasteiger charge is -2.21. The molecule has 1 aromatic carbocycles. The maximum atomic E-state index is 12.5. The first-order valence-corrected chi connectivity index (χ1v) is 7.35. The molecule has 108 valence electrons. The minimum atomic E-state index is 0.0161. The van der Waals surface area contributed by atoms with Crippen LogP contribution in [-0.4, -0.2) is 47.8 Å². The summed E-state index contributed by atoms with van der Waals surface area (Å²) in [6.45, 7) is 4.18. The van der Waals surface area contributed by atoms with Gasteiger partial charge in [-0.3, -0.25) is 9.59 Å². The first kappa shape index (κ1) is 14.9. The Labute approximate surface area is 124 Å². The van der Waals surface area contributed by atoms with Crippen molar-refractivity contribution < 1.29 is 9.59 Å². The standard InChI is InChI=1S/C15H19ClN2O2/c1-12(19)17-6-3-7-18(9-8-17)15(20)14-5-2-4-13(10-14)11-16/h2,4-5,10H,3,6-9,11H2,1H3. The summed E-state index contributed by atoms with van der Waals surface area (Å²) in [5, 5.41) is 0. The highest BCUT2D eigenvalue weighted by atomic mass is 35.5. The minimum Gasteiger partial charge on any atom is -0.341 e. The second-order valence-corrected chi connectivity index (χ2v) is 5.25. The van der Waals surface area contributed by atoms with Crippen molar-refractivity contribution in [1.29, 1.82) is 0 Å². The lowest BCUT2D eigenvalue weighted by molar-refractivity contribution is -0.128. The molecule has 1 aromatic rings. The van der Waals surface area contributed by atoms with Gasteiger partial charge in [-0.25, -0.2) is 0 Å². The fourth-order valence-electron chi connectivity index (χ4n) is 2.41. The highest BCUT2D eigenvalue weighted by Crippen LogP contribution is 2.12. The van der Waals surface area contributed by atoms with E-state index in [1.54, 1.807) is 11.8 Å². The van der Waals surface area contributed by atoms with Crippen LogP contribution < -0.4 is 0 Å². The Bertz CT molecular complexity index is 504. The predicted molar refractivity (Wildman–Crippen MR) is 78.8 cm³/mol. The van der Waals surface area contributed by atoms with Crippen LogP contribution in [0.1, 0.15) is 29.3 Å². The molecule has 1 fully saturated rings. The SMILES string of the molecule is CC(=O)N1CCCN(C(=O)c2cccc(CCl)c2)CC1. The molecule has 0 bridgehead atoms. The van der Waals surface area contributed by atoms with Crippen molar-refractivity contribution in [3.63, 3.8) is 0 Å². The van der Waals surface area contributed by atoms with Gasteiger partial charge in [0.2, 0.25) is 5.91 Å². The number of hydrogen-bond acceptors (Lipinski definition) is 2. The first-order valence-electron chi connectivity index (χ1n) is 6.81. The minimum absolute atomic E-state index is 0.0161. The van der Waals surface area contributed by atoms with E-state index in [-0.39, 0.29) is 11.8 Å². The number of carbonyl (C=O) groups is 2. The van der Waals surface area contributed by atoms with Gasteiger partial charge in [-0.2, -0.15) is 0 Å². The molecule has 0 unspecified atom stereocenters. The largest absolute Gasteiger partial charge is 0.341 e. The third kappa shape index (κ3) is 3.51. The van der Waals surface area contributed by atoms with E-state index in [0.29, 0.717) is 31.1 Å². The Morgan fingerprint density at radius 2 is 1.85 bits per heavy atom. The molecule has 4 nitrogen and oxygen atoms in total. The Hall–Kier alpha value is -1.55. The monoisotopic (exact) mass is 294 g/mol. The molecular formula is C15H19ClN2O2. The highest BCUT2D eigenvalue weighted by molar-refractivity contribution is 6.17. The van der Waals surface area contributed by atoms with Crippen molar-refractivity contribution in [2.24, 2.45) is 0 Å². The van der Waals surface area contributed by atoms with E-state index in [0.717, 1.165) is 18.5 Å². The number of amides is 2. The van der Waals surface area contributed by atoms with Gasteiger partial charge in [0, 0.05) is 44.5 Å². The van der Waals surface area contributed by atoms with Crippen LogP contribution in [0, 0.1) is 0 Å². The van der Waals surface area contributed by atoms with E-state index in [9.17, 15) is 9.59 Å². The van der Waals surface area contributed by atoms with E-state index < -0.39 is 0 Å². The molecular weight excluding hydrogens is 276 g/mol. The van der Waals surface area contributed by atoms with E-state index in [4.69, 9.17) is 11.6 Å². The van der Waals surface area contributed by atoms with Crippen molar-refractivity contribution >= 4 is 23.4 Å². The molecule has 0 atom stereocenters. The van der Waals surface area contributed by atoms with Crippen molar-refractivity contribution in [3.8, 4) is 0 Å². The smallest absolute Gasteiger partial charge is 0.253 e. The van der Waals surface area contributed by atoms with Crippen LogP contribution in [0.3, 0.4) is 0 Å². The number of rotatable bonds is 2. The van der Waals surface area contributed by atoms with Gasteiger partial charge < -0.3 is 9.80 Å². The van der Waals surface area contributed by atoms with Crippen LogP contribution in [0.15, 0.2) is 24.3 Å². The third-order valence-electron chi connectivity index (χ3n) is 3.56. The van der Waals surface area contributed by atoms with Crippen LogP contribution in [-0.2, 0) is 10.7 Å². The Balaban J connectivity index is 2.07. The van der Waals surface area contributed by atoms with Crippen molar-refractivity contribution in [3.05, 3.63) is 35.4 Å². The van der Waals surface area contributed by atoms with Crippen LogP contribution in [0.2, 0.25) is 0 Å². The van der Waals surface area contributed by atoms with Crippen LogP contribution in [0.5, 0.6) is 0 Å². The Morgan fingerprint density at radius 3 is 2.55 bits per heavy atom. The molecule has 1 aliphatic rings. The number of benzene rings is 1. The summed E-state index contributed by atoms with van der Waals surface area (Å²) in [6, 6.07) is 7.41. The van der Waals surface area contributed by atoms with Gasteiger partial charge in [-0.1, -0.05) is 12.1 Å². The number of alkyl halides is 1. The average molecular weight is 295 g/mol. The zero-order valence-electron chi connectivity index (χ0n) is 11.6. The van der Waals surface area contributed by atoms with Gasteiger partial charge in [0.15, 0.2) is 0 Å². The Morgan fingerprint density at radius 1 is 1.15 bits per heavy atom. The lowest BCUT2D eigenvalue weighted by Crippen LogP contribution is -2.36. The Kier molecular flexibility index (Phi) is 5.01. The molecule has 20 heavy (non-hydrogen) atoms. The molecule has 0 aromatic heterocycles. The van der Waals surface area contributed by atoms with E-state index in [1.807, 2.05) is 29.2 Å². The van der Waals surface area contributed by atoms with Crippen molar-refractivity contribution in [1.82, 2.24) is 9.80 Å². The molecule has 0 spiro atoms. The number of hydrogen-bond donors (Lipinski definition) is 0. The van der Waals surface area contributed by atoms with Crippen molar-refractivity contribution in [2.75, 3.05) is 26.2 Å². The summed E-state index contributed by atoms with van der Waals surface area (Å²) >= 11 is 5.80. The molecule has 0 radical (unpaired) electrons. The van der Waals surface area contributed by atoms with Crippen LogP contribution >= 0.6 is 11.6 Å². The molecule has 0 aliphatic carbocycles. The zero-order chi connectivity index (χ0) is 14.5. The summed E-state index contributed by atoms with van der Waals surface area (Å²) in [5.41, 5.74) is 1.61. The molecule has 5 heteroatoms. The normalized spacial score (nSPS) is 15.9. The molecule has 2 rings (SSSR count). The lowest BCUT2D eigenvalue weighted by atomic mass is 10.1. The van der Waals surface area contributed by atoms with Gasteiger partial charge in [0.05, 0.1) is 0 Å². The maximum Gasteiger partial charge on any atom is 0.253 e. The maximum absolute atomic E-state index is 12.5. The molecule has 2 amide bonds. The summed E-state index contributed by atoms with van der Waals surface area (Å²) < 4.78 is 0. The van der Waals surface area contributed by atoms with Crippen LogP contribution in [0.25, 0.3) is 0 Å². The zero-order valence-corrected chi connectivity index (χ0v) is 12.4. The first-order chi connectivity index (χ1) is 9.61. The molecule has 1 aliphatic heterocycles. The second kappa shape index (κ2) is 6.75. The quantitative estimate of drug-likeness (QED) is 0.784. The highest BCUT2D eigenvalue weighted by Gasteiger charge is 2.21. The molecule has 1 saturated heterocycles. The van der Waals surface area contributed by atoms with Crippen molar-refractivity contribution in [2.45, 2.75) is 19.2 Å². The summed E-state index contributed by atoms with van der Waals surface area (Å²) in [6.07, 6.45) is 0.820. The third-order valence-corrected chi connectivity index (χ3v) is 3.87. The van der Waals surface area contributed by atoms with Gasteiger partial charge >= 0.3 is 0 Å². The van der Waals surface area contributed by atoms with Gasteiger partial charge in [0.25, 0.3) is 5.91 Å². The summed E-state index contributed by atoms with van der Waals surface area (Å²) in [5.74, 6) is 0.491. The van der Waals surface area contributed by atoms with E-state index in [1.165, 1.54) is 0 Å². The summed E-state index contributed by atoms with van der Waals surface area (Å²) in [7, 11) is 0. The van der Waals surface area contributed by atoms with Gasteiger partial charge in [-0.15, -0.1) is 11.6 Å². The number of nitrogens with zero attached hydrogens (tertiary/aromatic N) is 2. The number of halogens is 1. The van der Waals surface area contributed by atoms with Gasteiger partial charge in [-0.05, 0) is 24.1 Å². The summed E-state index contributed by atoms with van der Waals surface area (Å²) in [4.78, 5) is 27.5. The number of carbonyl (C=O) groups excluding carboxylic acids is 2. The molecule has 0 N–H and O–H groups in total. The van der Waals surface area contributed by atoms with Crippen LogP contribution in [0.4, 0.5) is 0 Å².